The van der Waals surface area contributed by atoms with Crippen molar-refractivity contribution in [1.82, 2.24) is 20.3 Å². The molecule has 2 aromatic rings. The first-order valence-corrected chi connectivity index (χ1v) is 9.28. The van der Waals surface area contributed by atoms with E-state index in [1.54, 1.807) is 18.4 Å². The van der Waals surface area contributed by atoms with E-state index in [4.69, 9.17) is 22.1 Å². The summed E-state index contributed by atoms with van der Waals surface area (Å²) < 4.78 is 4.78. The number of unbranched alkanes of at least 4 members (excludes halogenated alkanes) is 1. The molecular formula is C16H24ClN5OS. The van der Waals surface area contributed by atoms with E-state index in [2.05, 4.69) is 27.2 Å². The SMILES string of the molecule is CCCCOC.Nc1ncc(Cl)c(-c2cnc(C3CCNC3)s2)n1. The number of anilines is 1. The number of nitrogen functional groups attached to an aromatic ring is 1. The first-order valence-electron chi connectivity index (χ1n) is 8.09. The summed E-state index contributed by atoms with van der Waals surface area (Å²) in [7, 11) is 1.73. The monoisotopic (exact) mass is 369 g/mol. The number of ether oxygens (including phenoxy) is 1. The normalized spacial score (nSPS) is 16.7. The third-order valence-electron chi connectivity index (χ3n) is 3.63. The molecule has 1 atom stereocenters. The van der Waals surface area contributed by atoms with Crippen molar-refractivity contribution < 1.29 is 4.74 Å². The lowest BCUT2D eigenvalue weighted by atomic mass is 10.1. The zero-order valence-corrected chi connectivity index (χ0v) is 15.7. The number of hydrogen-bond acceptors (Lipinski definition) is 7. The van der Waals surface area contributed by atoms with Crippen molar-refractivity contribution in [3.05, 3.63) is 22.4 Å². The van der Waals surface area contributed by atoms with Gasteiger partial charge in [-0.05, 0) is 19.4 Å². The molecule has 0 aromatic carbocycles. The summed E-state index contributed by atoms with van der Waals surface area (Å²) in [4.78, 5) is 13.4. The van der Waals surface area contributed by atoms with Gasteiger partial charge in [0.25, 0.3) is 0 Å². The topological polar surface area (TPSA) is 86.0 Å². The highest BCUT2D eigenvalue weighted by Gasteiger charge is 2.21. The Morgan fingerprint density at radius 2 is 2.25 bits per heavy atom. The van der Waals surface area contributed by atoms with E-state index in [0.29, 0.717) is 16.6 Å². The van der Waals surface area contributed by atoms with Crippen LogP contribution in [-0.4, -0.2) is 41.8 Å². The number of hydrogen-bond donors (Lipinski definition) is 2. The van der Waals surface area contributed by atoms with E-state index in [1.807, 2.05) is 6.20 Å². The minimum absolute atomic E-state index is 0.229. The second-order valence-electron chi connectivity index (χ2n) is 5.52. The maximum atomic E-state index is 6.09. The maximum absolute atomic E-state index is 6.09. The molecule has 0 radical (unpaired) electrons. The lowest BCUT2D eigenvalue weighted by molar-refractivity contribution is 0.194. The molecule has 132 valence electrons. The molecule has 6 nitrogen and oxygen atoms in total. The number of methoxy groups -OCH3 is 1. The summed E-state index contributed by atoms with van der Waals surface area (Å²) >= 11 is 7.71. The molecule has 1 saturated heterocycles. The quantitative estimate of drug-likeness (QED) is 0.786. The fourth-order valence-corrected chi connectivity index (χ4v) is 3.60. The van der Waals surface area contributed by atoms with Gasteiger partial charge in [-0.2, -0.15) is 0 Å². The van der Waals surface area contributed by atoms with Gasteiger partial charge in [0, 0.05) is 32.4 Å². The van der Waals surface area contributed by atoms with Gasteiger partial charge in [0.1, 0.15) is 5.69 Å². The standard InChI is InChI=1S/C11H12ClN5S.C5H12O/c12-7-4-16-11(13)17-9(7)8-5-15-10(18-8)6-1-2-14-3-6;1-3-4-5-6-2/h4-6,14H,1-3H2,(H2,13,16,17);3-5H2,1-2H3. The van der Waals surface area contributed by atoms with Gasteiger partial charge in [0.15, 0.2) is 0 Å². The molecule has 3 N–H and O–H groups in total. The molecule has 0 amide bonds. The van der Waals surface area contributed by atoms with Crippen molar-refractivity contribution >= 4 is 28.9 Å². The summed E-state index contributed by atoms with van der Waals surface area (Å²) in [5, 5.41) is 4.97. The molecule has 3 heterocycles. The summed E-state index contributed by atoms with van der Waals surface area (Å²) in [6.45, 7) is 5.11. The molecule has 0 aliphatic carbocycles. The fourth-order valence-electron chi connectivity index (χ4n) is 2.29. The Hall–Kier alpha value is -1.28. The van der Waals surface area contributed by atoms with Crippen molar-refractivity contribution in [2.45, 2.75) is 32.1 Å². The largest absolute Gasteiger partial charge is 0.385 e. The van der Waals surface area contributed by atoms with E-state index < -0.39 is 0 Å². The summed E-state index contributed by atoms with van der Waals surface area (Å²) in [5.74, 6) is 0.730. The van der Waals surface area contributed by atoms with Crippen LogP contribution in [0.15, 0.2) is 12.4 Å². The summed E-state index contributed by atoms with van der Waals surface area (Å²) in [5.41, 5.74) is 6.25. The van der Waals surface area contributed by atoms with Crippen molar-refractivity contribution in [1.29, 1.82) is 0 Å². The van der Waals surface area contributed by atoms with Crippen molar-refractivity contribution in [2.24, 2.45) is 0 Å². The van der Waals surface area contributed by atoms with Gasteiger partial charge in [0.05, 0.1) is 21.1 Å². The van der Waals surface area contributed by atoms with Crippen LogP contribution in [0.1, 0.15) is 37.1 Å². The van der Waals surface area contributed by atoms with Crippen LogP contribution >= 0.6 is 22.9 Å². The predicted octanol–water partition coefficient (Wildman–Crippen LogP) is 3.35. The molecule has 0 bridgehead atoms. The Morgan fingerprint density at radius 1 is 1.42 bits per heavy atom. The average molecular weight is 370 g/mol. The smallest absolute Gasteiger partial charge is 0.220 e. The molecule has 1 aliphatic rings. The van der Waals surface area contributed by atoms with Crippen molar-refractivity contribution in [2.75, 3.05) is 32.5 Å². The average Bonchev–Trinajstić information content (AvgIpc) is 3.26. The lowest BCUT2D eigenvalue weighted by Crippen LogP contribution is -2.07. The third-order valence-corrected chi connectivity index (χ3v) is 5.07. The van der Waals surface area contributed by atoms with E-state index in [-0.39, 0.29) is 5.95 Å². The minimum Gasteiger partial charge on any atom is -0.385 e. The van der Waals surface area contributed by atoms with E-state index >= 15 is 0 Å². The van der Waals surface area contributed by atoms with Gasteiger partial charge in [-0.25, -0.2) is 15.0 Å². The highest BCUT2D eigenvalue weighted by molar-refractivity contribution is 7.15. The number of nitrogens with two attached hydrogens (primary N) is 1. The number of nitrogens with one attached hydrogen (secondary N) is 1. The maximum Gasteiger partial charge on any atom is 0.220 e. The van der Waals surface area contributed by atoms with E-state index in [0.717, 1.165) is 36.0 Å². The summed E-state index contributed by atoms with van der Waals surface area (Å²) in [6, 6.07) is 0. The van der Waals surface area contributed by atoms with Crippen LogP contribution in [0.2, 0.25) is 5.02 Å². The van der Waals surface area contributed by atoms with Crippen LogP contribution in [-0.2, 0) is 4.74 Å². The van der Waals surface area contributed by atoms with Gasteiger partial charge >= 0.3 is 0 Å². The van der Waals surface area contributed by atoms with Crippen LogP contribution in [0.5, 0.6) is 0 Å². The predicted molar refractivity (Wildman–Crippen MR) is 99.6 cm³/mol. The highest BCUT2D eigenvalue weighted by Crippen LogP contribution is 2.34. The Bertz CT molecular complexity index is 627. The lowest BCUT2D eigenvalue weighted by Gasteiger charge is -2.02. The highest BCUT2D eigenvalue weighted by atomic mass is 35.5. The number of aromatic nitrogens is 3. The van der Waals surface area contributed by atoms with Crippen LogP contribution in [0.4, 0.5) is 5.95 Å². The van der Waals surface area contributed by atoms with Crippen LogP contribution in [0.3, 0.4) is 0 Å². The molecule has 0 saturated carbocycles. The van der Waals surface area contributed by atoms with Crippen LogP contribution < -0.4 is 11.1 Å². The molecule has 1 fully saturated rings. The van der Waals surface area contributed by atoms with Gasteiger partial charge in [-0.1, -0.05) is 24.9 Å². The third kappa shape index (κ3) is 5.37. The van der Waals surface area contributed by atoms with Gasteiger partial charge in [-0.3, -0.25) is 0 Å². The number of thiazole rings is 1. The van der Waals surface area contributed by atoms with Crippen molar-refractivity contribution in [3.63, 3.8) is 0 Å². The van der Waals surface area contributed by atoms with Gasteiger partial charge in [-0.15, -0.1) is 11.3 Å². The Kier molecular flexibility index (Phi) is 7.84. The second-order valence-corrected chi connectivity index (χ2v) is 6.99. The van der Waals surface area contributed by atoms with Crippen LogP contribution in [0, 0.1) is 0 Å². The Balaban J connectivity index is 0.000000301. The summed E-state index contributed by atoms with van der Waals surface area (Å²) in [6.07, 6.45) is 6.89. The van der Waals surface area contributed by atoms with E-state index in [9.17, 15) is 0 Å². The molecule has 2 aromatic heterocycles. The first kappa shape index (κ1) is 19.1. The molecule has 1 aliphatic heterocycles. The zero-order valence-electron chi connectivity index (χ0n) is 14.1. The Labute approximate surface area is 151 Å². The Morgan fingerprint density at radius 3 is 2.88 bits per heavy atom. The number of nitrogens with zero attached hydrogens (tertiary/aromatic N) is 3. The first-order chi connectivity index (χ1) is 11.7. The second kappa shape index (κ2) is 9.88. The van der Waals surface area contributed by atoms with Crippen LogP contribution in [0.25, 0.3) is 10.6 Å². The molecule has 1 unspecified atom stereocenters. The van der Waals surface area contributed by atoms with E-state index in [1.165, 1.54) is 19.0 Å². The zero-order chi connectivity index (χ0) is 17.4. The number of rotatable bonds is 5. The molecule has 3 rings (SSSR count). The number of halogens is 1. The fraction of sp³-hybridized carbons (Fsp3) is 0.562. The molecular weight excluding hydrogens is 346 g/mol. The van der Waals surface area contributed by atoms with Gasteiger partial charge in [0.2, 0.25) is 5.95 Å². The molecule has 24 heavy (non-hydrogen) atoms. The van der Waals surface area contributed by atoms with Gasteiger partial charge < -0.3 is 15.8 Å². The minimum atomic E-state index is 0.229. The molecule has 0 spiro atoms. The molecule has 8 heteroatoms. The van der Waals surface area contributed by atoms with Crippen molar-refractivity contribution in [3.8, 4) is 10.6 Å².